The maximum Gasteiger partial charge on any atom is 0.323 e. The first-order chi connectivity index (χ1) is 15.5. The summed E-state index contributed by atoms with van der Waals surface area (Å²) in [7, 11) is 0. The van der Waals surface area contributed by atoms with Crippen molar-refractivity contribution in [3.05, 3.63) is 94.8 Å². The van der Waals surface area contributed by atoms with Crippen molar-refractivity contribution in [3.63, 3.8) is 0 Å². The second-order valence-electron chi connectivity index (χ2n) is 7.58. The molecule has 0 aliphatic carbocycles. The second kappa shape index (κ2) is 8.15. The molecule has 3 aromatic rings. The lowest BCUT2D eigenvalue weighted by molar-refractivity contribution is -0.123. The van der Waals surface area contributed by atoms with Crippen molar-refractivity contribution in [1.29, 1.82) is 0 Å². The van der Waals surface area contributed by atoms with E-state index in [4.69, 9.17) is 11.6 Å². The van der Waals surface area contributed by atoms with E-state index < -0.39 is 16.7 Å². The number of urea groups is 1. The first-order valence-electron chi connectivity index (χ1n) is 10.1. The molecule has 2 aliphatic heterocycles. The summed E-state index contributed by atoms with van der Waals surface area (Å²) in [6.45, 7) is 0.697. The highest BCUT2D eigenvalue weighted by atomic mass is 35.5. The van der Waals surface area contributed by atoms with Gasteiger partial charge >= 0.3 is 6.03 Å². The van der Waals surface area contributed by atoms with Gasteiger partial charge in [0.15, 0.2) is 4.87 Å². The van der Waals surface area contributed by atoms with E-state index in [1.54, 1.807) is 21.9 Å². The van der Waals surface area contributed by atoms with Crippen LogP contribution in [0.1, 0.15) is 11.1 Å². The molecule has 5 rings (SSSR count). The van der Waals surface area contributed by atoms with E-state index >= 15 is 0 Å². The number of hydrogen-bond donors (Lipinski definition) is 1. The average Bonchev–Trinajstić information content (AvgIpc) is 3.33. The normalized spacial score (nSPS) is 19.5. The zero-order valence-electron chi connectivity index (χ0n) is 16.9. The van der Waals surface area contributed by atoms with Crippen LogP contribution < -0.4 is 10.2 Å². The average molecular weight is 468 g/mol. The summed E-state index contributed by atoms with van der Waals surface area (Å²) in [5, 5.41) is 3.32. The Balaban J connectivity index is 1.52. The molecule has 0 radical (unpaired) electrons. The van der Waals surface area contributed by atoms with E-state index in [1.165, 1.54) is 30.0 Å². The smallest absolute Gasteiger partial charge is 0.308 e. The molecule has 3 amide bonds. The Hall–Kier alpha value is -3.03. The van der Waals surface area contributed by atoms with Crippen LogP contribution in [0.2, 0.25) is 5.02 Å². The van der Waals surface area contributed by atoms with Crippen LogP contribution in [0.5, 0.6) is 0 Å². The number of para-hydroxylation sites is 1. The first kappa shape index (κ1) is 20.8. The number of amides is 3. The van der Waals surface area contributed by atoms with Crippen LogP contribution in [0.25, 0.3) is 0 Å². The van der Waals surface area contributed by atoms with E-state index in [1.807, 2.05) is 42.5 Å². The molecule has 1 fully saturated rings. The summed E-state index contributed by atoms with van der Waals surface area (Å²) in [4.78, 5) is 29.2. The number of anilines is 2. The number of carbonyl (C=O) groups excluding carboxylic acids is 2. The molecule has 8 heteroatoms. The summed E-state index contributed by atoms with van der Waals surface area (Å²) < 4.78 is 13.6. The van der Waals surface area contributed by atoms with Gasteiger partial charge < -0.3 is 10.2 Å². The molecular weight excluding hydrogens is 449 g/mol. The monoisotopic (exact) mass is 467 g/mol. The van der Waals surface area contributed by atoms with Gasteiger partial charge in [0.1, 0.15) is 5.82 Å². The number of hydrogen-bond acceptors (Lipinski definition) is 3. The lowest BCUT2D eigenvalue weighted by atomic mass is 10.1. The van der Waals surface area contributed by atoms with Crippen LogP contribution in [-0.4, -0.2) is 29.1 Å². The minimum atomic E-state index is -1.17. The Morgan fingerprint density at radius 1 is 1.09 bits per heavy atom. The molecule has 162 valence electrons. The van der Waals surface area contributed by atoms with E-state index in [9.17, 15) is 14.0 Å². The maximum atomic E-state index is 13.9. The first-order valence-corrected chi connectivity index (χ1v) is 11.5. The molecule has 5 nitrogen and oxygen atoms in total. The van der Waals surface area contributed by atoms with Crippen molar-refractivity contribution >= 4 is 46.7 Å². The molecule has 2 heterocycles. The van der Waals surface area contributed by atoms with Crippen molar-refractivity contribution in [2.75, 3.05) is 22.5 Å². The third-order valence-electron chi connectivity index (χ3n) is 5.71. The fourth-order valence-corrected chi connectivity index (χ4v) is 5.94. The van der Waals surface area contributed by atoms with Gasteiger partial charge in [-0.3, -0.25) is 9.69 Å². The molecule has 1 saturated heterocycles. The molecule has 3 aromatic carbocycles. The van der Waals surface area contributed by atoms with Gasteiger partial charge in [0, 0.05) is 28.6 Å². The van der Waals surface area contributed by atoms with Gasteiger partial charge in [-0.1, -0.05) is 54.1 Å². The predicted molar refractivity (Wildman–Crippen MR) is 125 cm³/mol. The van der Waals surface area contributed by atoms with E-state index in [-0.39, 0.29) is 5.91 Å². The van der Waals surface area contributed by atoms with E-state index in [2.05, 4.69) is 5.32 Å². The molecular formula is C24H19ClFN3O2S. The highest BCUT2D eigenvalue weighted by molar-refractivity contribution is 8.01. The number of halogens is 2. The molecule has 1 unspecified atom stereocenters. The quantitative estimate of drug-likeness (QED) is 0.556. The lowest BCUT2D eigenvalue weighted by Crippen LogP contribution is -2.51. The number of thioether (sulfide) groups is 1. The zero-order chi connectivity index (χ0) is 22.3. The number of benzene rings is 3. The summed E-state index contributed by atoms with van der Waals surface area (Å²) in [5.74, 6) is -0.0200. The van der Waals surface area contributed by atoms with Gasteiger partial charge in [0.05, 0.1) is 12.2 Å². The largest absolute Gasteiger partial charge is 0.323 e. The standard InChI is InChI=1S/C24H19ClFN3O2S/c25-20-10-3-1-6-16(20)15-28-21-11-4-2-9-19(21)24(22(28)30)29(12-13-32-24)23(31)27-18-8-5-7-17(26)14-18/h1-11,14H,12-13,15H2,(H,27,31). The van der Waals surface area contributed by atoms with E-state index in [0.29, 0.717) is 29.6 Å². The Kier molecular flexibility index (Phi) is 5.31. The number of carbonyl (C=O) groups is 2. The molecule has 1 atom stereocenters. The number of fused-ring (bicyclic) bond motifs is 2. The highest BCUT2D eigenvalue weighted by Gasteiger charge is 2.59. The minimum Gasteiger partial charge on any atom is -0.308 e. The fraction of sp³-hybridized carbons (Fsp3) is 0.167. The van der Waals surface area contributed by atoms with Crippen LogP contribution in [0, 0.1) is 5.82 Å². The van der Waals surface area contributed by atoms with Crippen LogP contribution >= 0.6 is 23.4 Å². The van der Waals surface area contributed by atoms with Crippen molar-refractivity contribution in [1.82, 2.24) is 4.90 Å². The molecule has 1 spiro atoms. The second-order valence-corrected chi connectivity index (χ2v) is 9.28. The summed E-state index contributed by atoms with van der Waals surface area (Å²) in [5.41, 5.74) is 2.70. The number of nitrogens with one attached hydrogen (secondary N) is 1. The fourth-order valence-electron chi connectivity index (χ4n) is 4.28. The van der Waals surface area contributed by atoms with Crippen molar-refractivity contribution in [2.24, 2.45) is 0 Å². The van der Waals surface area contributed by atoms with Gasteiger partial charge in [0.2, 0.25) is 0 Å². The maximum absolute atomic E-state index is 13.9. The van der Waals surface area contributed by atoms with E-state index in [0.717, 1.165) is 16.8 Å². The molecule has 2 aliphatic rings. The van der Waals surface area contributed by atoms with Gasteiger partial charge in [0.25, 0.3) is 5.91 Å². The SMILES string of the molecule is O=C(Nc1cccc(F)c1)N1CCSC12C(=O)N(Cc1ccccc1Cl)c1ccccc12. The summed E-state index contributed by atoms with van der Waals surface area (Å²) >= 11 is 7.80. The summed E-state index contributed by atoms with van der Waals surface area (Å²) in [6, 6.07) is 20.2. The van der Waals surface area contributed by atoms with Crippen LogP contribution in [0.4, 0.5) is 20.6 Å². The van der Waals surface area contributed by atoms with Gasteiger partial charge in [-0.05, 0) is 35.9 Å². The third-order valence-corrected chi connectivity index (χ3v) is 7.50. The molecule has 0 aromatic heterocycles. The molecule has 1 N–H and O–H groups in total. The third kappa shape index (κ3) is 3.32. The van der Waals surface area contributed by atoms with Gasteiger partial charge in [-0.25, -0.2) is 9.18 Å². The molecule has 0 bridgehead atoms. The predicted octanol–water partition coefficient (Wildman–Crippen LogP) is 5.46. The molecule has 0 saturated carbocycles. The van der Waals surface area contributed by atoms with Crippen molar-refractivity contribution < 1.29 is 14.0 Å². The van der Waals surface area contributed by atoms with Gasteiger partial charge in [-0.2, -0.15) is 0 Å². The number of rotatable bonds is 3. The van der Waals surface area contributed by atoms with Crippen LogP contribution in [0.3, 0.4) is 0 Å². The Bertz CT molecular complexity index is 1220. The Morgan fingerprint density at radius 2 is 1.88 bits per heavy atom. The topological polar surface area (TPSA) is 52.7 Å². The zero-order valence-corrected chi connectivity index (χ0v) is 18.5. The Morgan fingerprint density at radius 3 is 2.69 bits per heavy atom. The molecule has 32 heavy (non-hydrogen) atoms. The van der Waals surface area contributed by atoms with Gasteiger partial charge in [-0.15, -0.1) is 11.8 Å². The number of nitrogens with zero attached hydrogens (tertiary/aromatic N) is 2. The lowest BCUT2D eigenvalue weighted by Gasteiger charge is -2.33. The van der Waals surface area contributed by atoms with Crippen molar-refractivity contribution in [2.45, 2.75) is 11.4 Å². The van der Waals surface area contributed by atoms with Crippen molar-refractivity contribution in [3.8, 4) is 0 Å². The minimum absolute atomic E-state index is 0.185. The summed E-state index contributed by atoms with van der Waals surface area (Å²) in [6.07, 6.45) is 0. The Labute approximate surface area is 194 Å². The van der Waals surface area contributed by atoms with Crippen LogP contribution in [-0.2, 0) is 16.2 Å². The van der Waals surface area contributed by atoms with Crippen LogP contribution in [0.15, 0.2) is 72.8 Å². The highest BCUT2D eigenvalue weighted by Crippen LogP contribution is 2.54.